The average molecular weight is 339 g/mol. The zero-order valence-electron chi connectivity index (χ0n) is 14.4. The zero-order chi connectivity index (χ0) is 18.0. The van der Waals surface area contributed by atoms with Gasteiger partial charge in [-0.05, 0) is 49.2 Å². The summed E-state index contributed by atoms with van der Waals surface area (Å²) in [5, 5.41) is 14.6. The van der Waals surface area contributed by atoms with Crippen LogP contribution >= 0.6 is 0 Å². The normalized spacial score (nSPS) is 14.0. The number of Topliss-reactive ketones (excluding diaryl/α,β-unsaturated/α-hetero) is 1. The lowest BCUT2D eigenvalue weighted by Gasteiger charge is -2.29. The summed E-state index contributed by atoms with van der Waals surface area (Å²) >= 11 is 0. The highest BCUT2D eigenvalue weighted by molar-refractivity contribution is 5.95. The molecule has 0 aromatic heterocycles. The Balaban J connectivity index is 1.96. The molecule has 6 nitrogen and oxygen atoms in total. The van der Waals surface area contributed by atoms with Crippen molar-refractivity contribution in [1.29, 1.82) is 0 Å². The number of benzene rings is 2. The van der Waals surface area contributed by atoms with E-state index in [1.807, 2.05) is 12.1 Å². The van der Waals surface area contributed by atoms with Gasteiger partial charge in [-0.3, -0.25) is 19.8 Å². The van der Waals surface area contributed by atoms with E-state index in [9.17, 15) is 14.9 Å². The minimum Gasteiger partial charge on any atom is -0.350 e. The Morgan fingerprint density at radius 2 is 2.08 bits per heavy atom. The predicted molar refractivity (Wildman–Crippen MR) is 97.5 cm³/mol. The monoisotopic (exact) mass is 339 g/mol. The van der Waals surface area contributed by atoms with Gasteiger partial charge in [0.25, 0.3) is 5.69 Å². The van der Waals surface area contributed by atoms with Gasteiger partial charge in [0.1, 0.15) is 5.69 Å². The molecule has 1 heterocycles. The van der Waals surface area contributed by atoms with Crippen molar-refractivity contribution in [1.82, 2.24) is 4.90 Å². The Morgan fingerprint density at radius 1 is 1.28 bits per heavy atom. The van der Waals surface area contributed by atoms with E-state index in [-0.39, 0.29) is 11.5 Å². The third kappa shape index (κ3) is 3.53. The zero-order valence-corrected chi connectivity index (χ0v) is 14.4. The van der Waals surface area contributed by atoms with Gasteiger partial charge in [0, 0.05) is 30.4 Å². The molecule has 1 aliphatic rings. The van der Waals surface area contributed by atoms with Crippen LogP contribution < -0.4 is 5.32 Å². The fourth-order valence-corrected chi connectivity index (χ4v) is 3.21. The van der Waals surface area contributed by atoms with Crippen molar-refractivity contribution in [3.8, 4) is 0 Å². The van der Waals surface area contributed by atoms with Crippen molar-refractivity contribution < 1.29 is 9.72 Å². The van der Waals surface area contributed by atoms with E-state index in [4.69, 9.17) is 0 Å². The number of fused-ring (bicyclic) bond motifs is 1. The highest BCUT2D eigenvalue weighted by atomic mass is 16.6. The Bertz CT molecular complexity index is 833. The van der Waals surface area contributed by atoms with Crippen LogP contribution in [0.3, 0.4) is 0 Å². The molecule has 0 fully saturated rings. The molecule has 0 bridgehead atoms. The standard InChI is InChI=1S/C19H21N3O3/c1-3-21-10-9-16-15(12-21)5-4-6-17(16)20-18-8-7-14(13(2)23)11-19(18)22(24)25/h4-8,11,20H,3,9-10,12H2,1-2H3. The van der Waals surface area contributed by atoms with E-state index in [0.29, 0.717) is 11.3 Å². The number of nitro groups is 1. The first-order valence-electron chi connectivity index (χ1n) is 8.39. The highest BCUT2D eigenvalue weighted by Crippen LogP contribution is 2.33. The van der Waals surface area contributed by atoms with E-state index < -0.39 is 4.92 Å². The second-order valence-electron chi connectivity index (χ2n) is 6.23. The van der Waals surface area contributed by atoms with E-state index >= 15 is 0 Å². The molecule has 2 aromatic rings. The molecule has 25 heavy (non-hydrogen) atoms. The Morgan fingerprint density at radius 3 is 2.76 bits per heavy atom. The van der Waals surface area contributed by atoms with Gasteiger partial charge in [-0.1, -0.05) is 19.1 Å². The third-order valence-corrected chi connectivity index (χ3v) is 4.66. The molecule has 3 rings (SSSR count). The van der Waals surface area contributed by atoms with Crippen LogP contribution in [0.1, 0.15) is 35.3 Å². The summed E-state index contributed by atoms with van der Waals surface area (Å²) in [5.74, 6) is -0.189. The van der Waals surface area contributed by atoms with Gasteiger partial charge in [0.2, 0.25) is 0 Å². The largest absolute Gasteiger partial charge is 0.350 e. The Kier molecular flexibility index (Phi) is 4.81. The lowest BCUT2D eigenvalue weighted by Crippen LogP contribution is -2.30. The molecule has 130 valence electrons. The Labute approximate surface area is 146 Å². The van der Waals surface area contributed by atoms with Crippen molar-refractivity contribution in [3.63, 3.8) is 0 Å². The molecule has 0 saturated carbocycles. The van der Waals surface area contributed by atoms with Gasteiger partial charge in [-0.25, -0.2) is 0 Å². The highest BCUT2D eigenvalue weighted by Gasteiger charge is 2.20. The molecule has 0 radical (unpaired) electrons. The summed E-state index contributed by atoms with van der Waals surface area (Å²) in [7, 11) is 0. The van der Waals surface area contributed by atoms with Crippen LogP contribution in [0.4, 0.5) is 17.1 Å². The van der Waals surface area contributed by atoms with E-state index in [0.717, 1.165) is 31.7 Å². The molecule has 0 spiro atoms. The maximum atomic E-state index is 11.5. The molecular formula is C19H21N3O3. The van der Waals surface area contributed by atoms with Crippen LogP contribution in [0, 0.1) is 10.1 Å². The molecule has 0 unspecified atom stereocenters. The number of nitro benzene ring substituents is 1. The second kappa shape index (κ2) is 7.03. The van der Waals surface area contributed by atoms with Gasteiger partial charge in [0.05, 0.1) is 4.92 Å². The topological polar surface area (TPSA) is 75.5 Å². The van der Waals surface area contributed by atoms with Crippen molar-refractivity contribution in [3.05, 3.63) is 63.2 Å². The van der Waals surface area contributed by atoms with Crippen LogP contribution in [0.15, 0.2) is 36.4 Å². The molecule has 1 N–H and O–H groups in total. The Hall–Kier alpha value is -2.73. The fraction of sp³-hybridized carbons (Fsp3) is 0.316. The maximum Gasteiger partial charge on any atom is 0.293 e. The average Bonchev–Trinajstić information content (AvgIpc) is 2.61. The van der Waals surface area contributed by atoms with Crippen LogP contribution in [0.25, 0.3) is 0 Å². The number of nitrogens with one attached hydrogen (secondary N) is 1. The number of hydrogen-bond acceptors (Lipinski definition) is 5. The maximum absolute atomic E-state index is 11.5. The van der Waals surface area contributed by atoms with E-state index in [1.165, 1.54) is 24.1 Å². The summed E-state index contributed by atoms with van der Waals surface area (Å²) in [5.41, 5.74) is 4.01. The third-order valence-electron chi connectivity index (χ3n) is 4.66. The molecule has 0 amide bonds. The van der Waals surface area contributed by atoms with Crippen molar-refractivity contribution in [2.75, 3.05) is 18.4 Å². The SMILES string of the molecule is CCN1CCc2c(cccc2Nc2ccc(C(C)=O)cc2[N+](=O)[O-])C1. The number of hydrogen-bond donors (Lipinski definition) is 1. The number of ketones is 1. The van der Waals surface area contributed by atoms with Gasteiger partial charge >= 0.3 is 0 Å². The smallest absolute Gasteiger partial charge is 0.293 e. The van der Waals surface area contributed by atoms with Gasteiger partial charge in [-0.15, -0.1) is 0 Å². The minimum atomic E-state index is -0.455. The van der Waals surface area contributed by atoms with Crippen LogP contribution in [0.2, 0.25) is 0 Å². The summed E-state index contributed by atoms with van der Waals surface area (Å²) in [4.78, 5) is 24.8. The fourth-order valence-electron chi connectivity index (χ4n) is 3.21. The first kappa shape index (κ1) is 17.1. The van der Waals surface area contributed by atoms with Crippen molar-refractivity contribution in [2.24, 2.45) is 0 Å². The summed E-state index contributed by atoms with van der Waals surface area (Å²) < 4.78 is 0. The summed E-state index contributed by atoms with van der Waals surface area (Å²) in [6.07, 6.45) is 0.908. The first-order valence-corrected chi connectivity index (χ1v) is 8.39. The minimum absolute atomic E-state index is 0.0868. The number of anilines is 2. The molecule has 2 aromatic carbocycles. The molecule has 1 aliphatic heterocycles. The van der Waals surface area contributed by atoms with E-state index in [2.05, 4.69) is 23.2 Å². The number of rotatable bonds is 5. The van der Waals surface area contributed by atoms with Crippen molar-refractivity contribution >= 4 is 22.8 Å². The van der Waals surface area contributed by atoms with Gasteiger partial charge in [0.15, 0.2) is 5.78 Å². The van der Waals surface area contributed by atoms with Crippen LogP contribution in [-0.4, -0.2) is 28.7 Å². The lowest BCUT2D eigenvalue weighted by atomic mass is 9.97. The molecule has 0 aliphatic carbocycles. The van der Waals surface area contributed by atoms with Crippen molar-refractivity contribution in [2.45, 2.75) is 26.8 Å². The quantitative estimate of drug-likeness (QED) is 0.508. The molecule has 6 heteroatoms. The first-order chi connectivity index (χ1) is 12.0. The number of carbonyl (C=O) groups is 1. The molecule has 0 saturated heterocycles. The summed E-state index contributed by atoms with van der Waals surface area (Å²) in [6.45, 7) is 6.43. The number of likely N-dealkylation sites (N-methyl/N-ethyl adjacent to an activating group) is 1. The number of carbonyl (C=O) groups excluding carboxylic acids is 1. The summed E-state index contributed by atoms with van der Waals surface area (Å²) in [6, 6.07) is 10.6. The number of nitrogens with zero attached hydrogens (tertiary/aromatic N) is 2. The second-order valence-corrected chi connectivity index (χ2v) is 6.23. The van der Waals surface area contributed by atoms with Crippen LogP contribution in [-0.2, 0) is 13.0 Å². The van der Waals surface area contributed by atoms with E-state index in [1.54, 1.807) is 12.1 Å². The predicted octanol–water partition coefficient (Wildman–Crippen LogP) is 3.92. The lowest BCUT2D eigenvalue weighted by molar-refractivity contribution is -0.383. The molecular weight excluding hydrogens is 318 g/mol. The van der Waals surface area contributed by atoms with Gasteiger partial charge < -0.3 is 5.32 Å². The van der Waals surface area contributed by atoms with Gasteiger partial charge in [-0.2, -0.15) is 0 Å². The molecule has 0 atom stereocenters. The van der Waals surface area contributed by atoms with Crippen LogP contribution in [0.5, 0.6) is 0 Å².